The molecule has 0 saturated heterocycles. The summed E-state index contributed by atoms with van der Waals surface area (Å²) in [6.07, 6.45) is 1.76. The van der Waals surface area contributed by atoms with E-state index in [1.165, 1.54) is 0 Å². The molecule has 1 unspecified atom stereocenters. The predicted molar refractivity (Wildman–Crippen MR) is 58.6 cm³/mol. The predicted octanol–water partition coefficient (Wildman–Crippen LogP) is 2.86. The molecule has 78 valence electrons. The van der Waals surface area contributed by atoms with Gasteiger partial charge in [-0.1, -0.05) is 30.3 Å². The molecule has 0 aliphatic rings. The van der Waals surface area contributed by atoms with Gasteiger partial charge in [0.25, 0.3) is 0 Å². The molecule has 0 radical (unpaired) electrons. The van der Waals surface area contributed by atoms with Crippen molar-refractivity contribution in [1.29, 1.82) is 0 Å². The summed E-state index contributed by atoms with van der Waals surface area (Å²) in [4.78, 5) is 0. The van der Waals surface area contributed by atoms with Crippen LogP contribution in [0, 0.1) is 6.92 Å². The quantitative estimate of drug-likeness (QED) is 0.830. The Hall–Kier alpha value is -1.54. The lowest BCUT2D eigenvalue weighted by molar-refractivity contribution is 0.177. The molecule has 0 bridgehead atoms. The standard InChI is InChI=1S/C13H14O2/c1-10-7-12(9-15-10)13(14)8-11-5-3-2-4-6-11/h2-7,9,13-14H,8H2,1H3. The van der Waals surface area contributed by atoms with Gasteiger partial charge in [0.15, 0.2) is 0 Å². The Labute approximate surface area is 89.2 Å². The highest BCUT2D eigenvalue weighted by molar-refractivity contribution is 5.20. The Morgan fingerprint density at radius 1 is 1.27 bits per heavy atom. The molecule has 0 amide bonds. The molecular formula is C13H14O2. The molecule has 2 heteroatoms. The van der Waals surface area contributed by atoms with E-state index in [1.54, 1.807) is 6.26 Å². The first-order valence-corrected chi connectivity index (χ1v) is 5.03. The molecule has 2 aromatic rings. The van der Waals surface area contributed by atoms with Crippen LogP contribution in [0.3, 0.4) is 0 Å². The van der Waals surface area contributed by atoms with Crippen LogP contribution in [0.25, 0.3) is 0 Å². The van der Waals surface area contributed by atoms with Crippen molar-refractivity contribution in [3.8, 4) is 0 Å². The molecule has 1 aromatic carbocycles. The second-order valence-corrected chi connectivity index (χ2v) is 3.70. The Bertz CT molecular complexity index is 417. The monoisotopic (exact) mass is 202 g/mol. The fraction of sp³-hybridized carbons (Fsp3) is 0.231. The molecule has 0 spiro atoms. The van der Waals surface area contributed by atoms with Crippen molar-refractivity contribution in [2.75, 3.05) is 0 Å². The van der Waals surface area contributed by atoms with Gasteiger partial charge in [0, 0.05) is 12.0 Å². The maximum absolute atomic E-state index is 9.93. The third-order valence-electron chi connectivity index (χ3n) is 2.41. The summed E-state index contributed by atoms with van der Waals surface area (Å²) in [7, 11) is 0. The minimum absolute atomic E-state index is 0.482. The fourth-order valence-electron chi connectivity index (χ4n) is 1.59. The van der Waals surface area contributed by atoms with E-state index < -0.39 is 6.10 Å². The number of rotatable bonds is 3. The van der Waals surface area contributed by atoms with Crippen molar-refractivity contribution >= 4 is 0 Å². The highest BCUT2D eigenvalue weighted by Gasteiger charge is 2.10. The maximum Gasteiger partial charge on any atom is 0.101 e. The third kappa shape index (κ3) is 2.48. The highest BCUT2D eigenvalue weighted by Crippen LogP contribution is 2.20. The molecule has 15 heavy (non-hydrogen) atoms. The van der Waals surface area contributed by atoms with Crippen molar-refractivity contribution in [2.45, 2.75) is 19.4 Å². The molecule has 0 saturated carbocycles. The van der Waals surface area contributed by atoms with Crippen molar-refractivity contribution < 1.29 is 9.52 Å². The van der Waals surface area contributed by atoms with Gasteiger partial charge in [-0.3, -0.25) is 0 Å². The number of furan rings is 1. The van der Waals surface area contributed by atoms with E-state index in [1.807, 2.05) is 43.3 Å². The minimum atomic E-state index is -0.482. The van der Waals surface area contributed by atoms with Crippen LogP contribution in [0.1, 0.15) is 23.0 Å². The zero-order valence-corrected chi connectivity index (χ0v) is 8.68. The molecule has 0 fully saturated rings. The Morgan fingerprint density at radius 2 is 2.00 bits per heavy atom. The van der Waals surface area contributed by atoms with E-state index in [4.69, 9.17) is 4.42 Å². The zero-order valence-electron chi connectivity index (χ0n) is 8.68. The average Bonchev–Trinajstić information content (AvgIpc) is 2.66. The largest absolute Gasteiger partial charge is 0.469 e. The van der Waals surface area contributed by atoms with Crippen LogP contribution in [-0.4, -0.2) is 5.11 Å². The lowest BCUT2D eigenvalue weighted by Gasteiger charge is -2.07. The smallest absolute Gasteiger partial charge is 0.101 e. The summed E-state index contributed by atoms with van der Waals surface area (Å²) in [5.41, 5.74) is 1.97. The second kappa shape index (κ2) is 4.32. The summed E-state index contributed by atoms with van der Waals surface area (Å²) >= 11 is 0. The van der Waals surface area contributed by atoms with Gasteiger partial charge in [-0.05, 0) is 18.6 Å². The van der Waals surface area contributed by atoms with Crippen LogP contribution in [0.15, 0.2) is 47.1 Å². The second-order valence-electron chi connectivity index (χ2n) is 3.70. The van der Waals surface area contributed by atoms with Gasteiger partial charge in [-0.25, -0.2) is 0 Å². The number of benzene rings is 1. The fourth-order valence-corrected chi connectivity index (χ4v) is 1.59. The molecule has 1 aromatic heterocycles. The first-order valence-electron chi connectivity index (χ1n) is 5.03. The van der Waals surface area contributed by atoms with Crippen LogP contribution in [0.2, 0.25) is 0 Å². The van der Waals surface area contributed by atoms with Gasteiger partial charge in [-0.15, -0.1) is 0 Å². The average molecular weight is 202 g/mol. The summed E-state index contributed by atoms with van der Waals surface area (Å²) in [6, 6.07) is 11.8. The van der Waals surface area contributed by atoms with Crippen LogP contribution < -0.4 is 0 Å². The SMILES string of the molecule is Cc1cc(C(O)Cc2ccccc2)co1. The van der Waals surface area contributed by atoms with Crippen molar-refractivity contribution in [3.63, 3.8) is 0 Å². The molecule has 0 aliphatic carbocycles. The van der Waals surface area contributed by atoms with Gasteiger partial charge in [-0.2, -0.15) is 0 Å². The number of hydrogen-bond acceptors (Lipinski definition) is 2. The molecule has 1 heterocycles. The van der Waals surface area contributed by atoms with Crippen molar-refractivity contribution in [1.82, 2.24) is 0 Å². The summed E-state index contributed by atoms with van der Waals surface area (Å²) in [5.74, 6) is 0.831. The molecule has 1 atom stereocenters. The number of hydrogen-bond donors (Lipinski definition) is 1. The van der Waals surface area contributed by atoms with E-state index >= 15 is 0 Å². The van der Waals surface area contributed by atoms with Crippen LogP contribution in [0.5, 0.6) is 0 Å². The number of aliphatic hydroxyl groups excluding tert-OH is 1. The van der Waals surface area contributed by atoms with Crippen LogP contribution >= 0.6 is 0 Å². The lowest BCUT2D eigenvalue weighted by atomic mass is 10.0. The normalized spacial score (nSPS) is 12.7. The van der Waals surface area contributed by atoms with Crippen molar-refractivity contribution in [2.24, 2.45) is 0 Å². The molecular weight excluding hydrogens is 188 g/mol. The molecule has 2 rings (SSSR count). The first-order chi connectivity index (χ1) is 7.25. The van der Waals surface area contributed by atoms with E-state index in [-0.39, 0.29) is 0 Å². The maximum atomic E-state index is 9.93. The number of aliphatic hydroxyl groups is 1. The molecule has 0 aliphatic heterocycles. The third-order valence-corrected chi connectivity index (χ3v) is 2.41. The summed E-state index contributed by atoms with van der Waals surface area (Å²) < 4.78 is 5.16. The van der Waals surface area contributed by atoms with Gasteiger partial charge < -0.3 is 9.52 Å². The van der Waals surface area contributed by atoms with E-state index in [9.17, 15) is 5.11 Å². The number of aryl methyl sites for hydroxylation is 1. The minimum Gasteiger partial charge on any atom is -0.469 e. The Balaban J connectivity index is 2.07. The van der Waals surface area contributed by atoms with Crippen molar-refractivity contribution in [3.05, 3.63) is 59.5 Å². The van der Waals surface area contributed by atoms with E-state index in [2.05, 4.69) is 0 Å². The molecule has 2 nitrogen and oxygen atoms in total. The van der Waals surface area contributed by atoms with Gasteiger partial charge >= 0.3 is 0 Å². The van der Waals surface area contributed by atoms with Gasteiger partial charge in [0.2, 0.25) is 0 Å². The summed E-state index contributed by atoms with van der Waals surface area (Å²) in [5, 5.41) is 9.93. The van der Waals surface area contributed by atoms with E-state index in [0.29, 0.717) is 6.42 Å². The molecule has 1 N–H and O–H groups in total. The topological polar surface area (TPSA) is 33.4 Å². The van der Waals surface area contributed by atoms with Crippen LogP contribution in [-0.2, 0) is 6.42 Å². The Morgan fingerprint density at radius 3 is 2.60 bits per heavy atom. The Kier molecular flexibility index (Phi) is 2.88. The summed E-state index contributed by atoms with van der Waals surface area (Å²) in [6.45, 7) is 1.87. The highest BCUT2D eigenvalue weighted by atomic mass is 16.3. The van der Waals surface area contributed by atoms with Gasteiger partial charge in [0.05, 0.1) is 12.4 Å². The zero-order chi connectivity index (χ0) is 10.7. The first kappa shape index (κ1) is 9.99. The lowest BCUT2D eigenvalue weighted by Crippen LogP contribution is -1.99. The van der Waals surface area contributed by atoms with Crippen LogP contribution in [0.4, 0.5) is 0 Å². The van der Waals surface area contributed by atoms with Gasteiger partial charge in [0.1, 0.15) is 5.76 Å². The van der Waals surface area contributed by atoms with E-state index in [0.717, 1.165) is 16.9 Å².